The second kappa shape index (κ2) is 11.4. The topological polar surface area (TPSA) is 99.5 Å². The Bertz CT molecular complexity index is 1200. The van der Waals surface area contributed by atoms with Crippen LogP contribution in [0.4, 0.5) is 5.69 Å². The number of carbonyl (C=O) groups is 2. The smallest absolute Gasteiger partial charge is 0.337 e. The normalized spacial score (nSPS) is 11.0. The number of benzene rings is 1. The second-order valence-electron chi connectivity index (χ2n) is 7.27. The molecule has 0 radical (unpaired) electrons. The van der Waals surface area contributed by atoms with Crippen LogP contribution in [0, 0.1) is 13.8 Å². The number of methoxy groups -OCH3 is 1. The summed E-state index contributed by atoms with van der Waals surface area (Å²) in [5, 5.41) is 3.96. The molecular weight excluding hydrogens is 462 g/mol. The highest BCUT2D eigenvalue weighted by Gasteiger charge is 2.18. The predicted octanol–water partition coefficient (Wildman–Crippen LogP) is 4.02. The lowest BCUT2D eigenvalue weighted by atomic mass is 10.2. The number of aryl methyl sites for hydroxylation is 2. The zero-order valence-corrected chi connectivity index (χ0v) is 20.7. The van der Waals surface area contributed by atoms with Gasteiger partial charge in [-0.25, -0.2) is 9.78 Å². The molecule has 10 heteroatoms. The largest absolute Gasteiger partial charge is 0.465 e. The molecule has 1 N–H and O–H groups in total. The number of thiophene rings is 1. The number of nitrogens with one attached hydrogen (secondary N) is 1. The van der Waals surface area contributed by atoms with Crippen molar-refractivity contribution in [1.82, 2.24) is 9.55 Å². The van der Waals surface area contributed by atoms with E-state index in [-0.39, 0.29) is 17.2 Å². The van der Waals surface area contributed by atoms with Gasteiger partial charge >= 0.3 is 5.97 Å². The Morgan fingerprint density at radius 1 is 1.21 bits per heavy atom. The van der Waals surface area contributed by atoms with E-state index in [0.717, 1.165) is 10.4 Å². The summed E-state index contributed by atoms with van der Waals surface area (Å²) in [5.41, 5.74) is 1.84. The van der Waals surface area contributed by atoms with Crippen LogP contribution in [0.2, 0.25) is 0 Å². The molecule has 0 bridgehead atoms. The summed E-state index contributed by atoms with van der Waals surface area (Å²) < 4.78 is 11.7. The summed E-state index contributed by atoms with van der Waals surface area (Å²) in [6, 6.07) is 6.45. The number of ether oxygens (including phenoxy) is 2. The van der Waals surface area contributed by atoms with Crippen molar-refractivity contribution in [3.63, 3.8) is 0 Å². The molecule has 0 spiro atoms. The van der Waals surface area contributed by atoms with E-state index in [9.17, 15) is 14.4 Å². The zero-order chi connectivity index (χ0) is 24.0. The lowest BCUT2D eigenvalue weighted by Gasteiger charge is -2.12. The predicted molar refractivity (Wildman–Crippen MR) is 132 cm³/mol. The minimum absolute atomic E-state index is 0.0837. The molecule has 0 aliphatic carbocycles. The van der Waals surface area contributed by atoms with E-state index in [1.54, 1.807) is 28.8 Å². The van der Waals surface area contributed by atoms with Crippen molar-refractivity contribution in [3.05, 3.63) is 50.6 Å². The van der Waals surface area contributed by atoms with Gasteiger partial charge in [-0.05, 0) is 57.0 Å². The third-order valence-electron chi connectivity index (χ3n) is 5.05. The molecule has 3 rings (SSSR count). The van der Waals surface area contributed by atoms with Gasteiger partial charge in [0.25, 0.3) is 5.56 Å². The van der Waals surface area contributed by atoms with Gasteiger partial charge in [0, 0.05) is 30.3 Å². The summed E-state index contributed by atoms with van der Waals surface area (Å²) >= 11 is 2.71. The molecule has 33 heavy (non-hydrogen) atoms. The van der Waals surface area contributed by atoms with Crippen molar-refractivity contribution >= 4 is 50.9 Å². The summed E-state index contributed by atoms with van der Waals surface area (Å²) in [5.74, 6) is -0.586. The number of thioether (sulfide) groups is 1. The summed E-state index contributed by atoms with van der Waals surface area (Å²) in [6.45, 7) is 7.49. The first-order valence-corrected chi connectivity index (χ1v) is 12.3. The van der Waals surface area contributed by atoms with Gasteiger partial charge in [0.2, 0.25) is 5.91 Å². The third-order valence-corrected chi connectivity index (χ3v) is 7.13. The molecule has 0 unspecified atom stereocenters. The number of amides is 1. The molecule has 3 aromatic rings. The highest BCUT2D eigenvalue weighted by Crippen LogP contribution is 2.28. The van der Waals surface area contributed by atoms with Crippen LogP contribution in [0.3, 0.4) is 0 Å². The monoisotopic (exact) mass is 489 g/mol. The lowest BCUT2D eigenvalue weighted by molar-refractivity contribution is -0.113. The fourth-order valence-corrected chi connectivity index (χ4v) is 5.12. The quantitative estimate of drug-likeness (QED) is 0.199. The fraction of sp³-hybridized carbons (Fsp3) is 0.391. The van der Waals surface area contributed by atoms with Crippen molar-refractivity contribution in [2.24, 2.45) is 0 Å². The van der Waals surface area contributed by atoms with Crippen LogP contribution in [-0.4, -0.2) is 47.5 Å². The molecule has 2 aromatic heterocycles. The standard InChI is InChI=1S/C23H27N3O5S2/c1-5-31-12-6-11-26-21(28)19-14(2)15(3)33-20(19)25-23(26)32-13-18(27)24-17-9-7-16(8-10-17)22(29)30-4/h7-10H,5-6,11-13H2,1-4H3,(H,24,27). The van der Waals surface area contributed by atoms with Crippen molar-refractivity contribution in [2.45, 2.75) is 38.9 Å². The Morgan fingerprint density at radius 2 is 1.94 bits per heavy atom. The maximum absolute atomic E-state index is 13.2. The minimum atomic E-state index is -0.439. The van der Waals surface area contributed by atoms with Crippen LogP contribution in [-0.2, 0) is 20.8 Å². The molecule has 0 aliphatic heterocycles. The van der Waals surface area contributed by atoms with Crippen LogP contribution in [0.25, 0.3) is 10.2 Å². The van der Waals surface area contributed by atoms with Crippen LogP contribution < -0.4 is 10.9 Å². The third kappa shape index (κ3) is 6.01. The molecule has 0 atom stereocenters. The van der Waals surface area contributed by atoms with Crippen LogP contribution in [0.15, 0.2) is 34.2 Å². The second-order valence-corrected chi connectivity index (χ2v) is 9.42. The number of hydrogen-bond donors (Lipinski definition) is 1. The maximum Gasteiger partial charge on any atom is 0.337 e. The van der Waals surface area contributed by atoms with E-state index in [4.69, 9.17) is 9.72 Å². The first kappa shape index (κ1) is 24.9. The average Bonchev–Trinajstić information content (AvgIpc) is 3.10. The minimum Gasteiger partial charge on any atom is -0.465 e. The van der Waals surface area contributed by atoms with E-state index >= 15 is 0 Å². The summed E-state index contributed by atoms with van der Waals surface area (Å²) in [6.07, 6.45) is 0.676. The number of rotatable bonds is 10. The van der Waals surface area contributed by atoms with Gasteiger partial charge in [0.1, 0.15) is 4.83 Å². The summed E-state index contributed by atoms with van der Waals surface area (Å²) in [7, 11) is 1.32. The first-order valence-electron chi connectivity index (χ1n) is 10.5. The number of esters is 1. The summed E-state index contributed by atoms with van der Waals surface area (Å²) in [4.78, 5) is 43.8. The Kier molecular flexibility index (Phi) is 8.65. The van der Waals surface area contributed by atoms with E-state index in [1.165, 1.54) is 30.2 Å². The molecule has 0 saturated heterocycles. The number of anilines is 1. The molecule has 0 saturated carbocycles. The van der Waals surface area contributed by atoms with Crippen molar-refractivity contribution < 1.29 is 19.1 Å². The van der Waals surface area contributed by atoms with Crippen molar-refractivity contribution in [2.75, 3.05) is 31.4 Å². The van der Waals surface area contributed by atoms with Gasteiger partial charge in [-0.1, -0.05) is 11.8 Å². The van der Waals surface area contributed by atoms with Gasteiger partial charge < -0.3 is 14.8 Å². The molecule has 1 amide bonds. The number of aromatic nitrogens is 2. The average molecular weight is 490 g/mol. The number of nitrogens with zero attached hydrogens (tertiary/aromatic N) is 2. The van der Waals surface area contributed by atoms with Crippen LogP contribution in [0.1, 0.15) is 34.1 Å². The SMILES string of the molecule is CCOCCCn1c(SCC(=O)Nc2ccc(C(=O)OC)cc2)nc2sc(C)c(C)c2c1=O. The number of fused-ring (bicyclic) bond motifs is 1. The zero-order valence-electron chi connectivity index (χ0n) is 19.1. The molecule has 176 valence electrons. The molecule has 2 heterocycles. The molecular formula is C23H27N3O5S2. The fourth-order valence-electron chi connectivity index (χ4n) is 3.22. The van der Waals surface area contributed by atoms with Crippen LogP contribution in [0.5, 0.6) is 0 Å². The Morgan fingerprint density at radius 3 is 2.61 bits per heavy atom. The van der Waals surface area contributed by atoms with E-state index < -0.39 is 5.97 Å². The van der Waals surface area contributed by atoms with E-state index in [1.807, 2.05) is 20.8 Å². The van der Waals surface area contributed by atoms with E-state index in [2.05, 4.69) is 10.1 Å². The van der Waals surface area contributed by atoms with Gasteiger partial charge in [-0.15, -0.1) is 11.3 Å². The Hall–Kier alpha value is -2.69. The maximum atomic E-state index is 13.2. The Labute approximate surface area is 200 Å². The lowest BCUT2D eigenvalue weighted by Crippen LogP contribution is -2.25. The van der Waals surface area contributed by atoms with Crippen molar-refractivity contribution in [1.29, 1.82) is 0 Å². The van der Waals surface area contributed by atoms with Gasteiger partial charge in [0.15, 0.2) is 5.16 Å². The molecule has 0 fully saturated rings. The molecule has 1 aromatic carbocycles. The van der Waals surface area contributed by atoms with E-state index in [0.29, 0.717) is 52.8 Å². The highest BCUT2D eigenvalue weighted by atomic mass is 32.2. The first-order chi connectivity index (χ1) is 15.8. The van der Waals surface area contributed by atoms with Gasteiger partial charge in [0.05, 0.1) is 23.8 Å². The highest BCUT2D eigenvalue weighted by molar-refractivity contribution is 7.99. The Balaban J connectivity index is 1.75. The number of carbonyl (C=O) groups excluding carboxylic acids is 2. The van der Waals surface area contributed by atoms with Crippen molar-refractivity contribution in [3.8, 4) is 0 Å². The van der Waals surface area contributed by atoms with Gasteiger partial charge in [-0.3, -0.25) is 14.2 Å². The molecule has 0 aliphatic rings. The van der Waals surface area contributed by atoms with Gasteiger partial charge in [-0.2, -0.15) is 0 Å². The molecule has 8 nitrogen and oxygen atoms in total. The number of hydrogen-bond acceptors (Lipinski definition) is 8. The van der Waals surface area contributed by atoms with Crippen LogP contribution >= 0.6 is 23.1 Å².